The molecule has 0 fully saturated rings. The van der Waals surface area contributed by atoms with E-state index in [1.54, 1.807) is 6.92 Å². The normalized spacial score (nSPS) is 16.2. The van der Waals surface area contributed by atoms with Crippen LogP contribution in [-0.2, 0) is 0 Å². The number of nitrogens with zero attached hydrogens (tertiary/aromatic N) is 1. The Hall–Kier alpha value is -0.550. The van der Waals surface area contributed by atoms with E-state index in [2.05, 4.69) is 6.07 Å². The number of hydrogen-bond donors (Lipinski definition) is 1. The van der Waals surface area contributed by atoms with Crippen molar-refractivity contribution in [1.82, 2.24) is 0 Å². The zero-order chi connectivity index (χ0) is 7.28. The van der Waals surface area contributed by atoms with Gasteiger partial charge in [0.1, 0.15) is 0 Å². The first kappa shape index (κ1) is 8.45. The molecule has 9 heavy (non-hydrogen) atoms. The first-order valence-electron chi connectivity index (χ1n) is 3.24. The van der Waals surface area contributed by atoms with E-state index in [0.717, 1.165) is 12.8 Å². The Morgan fingerprint density at radius 3 is 2.33 bits per heavy atom. The zero-order valence-corrected chi connectivity index (χ0v) is 5.96. The number of rotatable bonds is 3. The molecule has 0 saturated heterocycles. The number of nitriles is 1. The molecule has 0 radical (unpaired) electrons. The van der Waals surface area contributed by atoms with E-state index in [4.69, 9.17) is 10.4 Å². The lowest BCUT2D eigenvalue weighted by Crippen LogP contribution is -2.01. The molecular formula is C7H13NO. The van der Waals surface area contributed by atoms with Gasteiger partial charge in [-0.3, -0.25) is 0 Å². The molecule has 2 atom stereocenters. The van der Waals surface area contributed by atoms with Gasteiger partial charge in [0.05, 0.1) is 12.2 Å². The van der Waals surface area contributed by atoms with Gasteiger partial charge >= 0.3 is 0 Å². The molecule has 0 aromatic carbocycles. The molecule has 2 heteroatoms. The van der Waals surface area contributed by atoms with E-state index < -0.39 is 0 Å². The quantitative estimate of drug-likeness (QED) is 0.621. The lowest BCUT2D eigenvalue weighted by molar-refractivity contribution is 0.178. The third-order valence-corrected chi connectivity index (χ3v) is 1.24. The number of aliphatic hydroxyl groups excluding tert-OH is 1. The minimum atomic E-state index is -0.263. The van der Waals surface area contributed by atoms with Crippen molar-refractivity contribution in [3.05, 3.63) is 0 Å². The average Bonchev–Trinajstić information content (AvgIpc) is 1.83. The Balaban J connectivity index is 3.19. The number of aliphatic hydroxyl groups is 1. The van der Waals surface area contributed by atoms with Gasteiger partial charge in [0.2, 0.25) is 0 Å². The predicted octanol–water partition coefficient (Wildman–Crippen LogP) is 1.31. The van der Waals surface area contributed by atoms with Gasteiger partial charge in [-0.15, -0.1) is 0 Å². The van der Waals surface area contributed by atoms with Crippen molar-refractivity contribution >= 4 is 0 Å². The van der Waals surface area contributed by atoms with Crippen LogP contribution < -0.4 is 0 Å². The molecule has 0 aliphatic carbocycles. The van der Waals surface area contributed by atoms with Crippen molar-refractivity contribution in [3.63, 3.8) is 0 Å². The van der Waals surface area contributed by atoms with Crippen molar-refractivity contribution in [2.24, 2.45) is 5.92 Å². The highest BCUT2D eigenvalue weighted by Gasteiger charge is 2.01. The van der Waals surface area contributed by atoms with Crippen molar-refractivity contribution < 1.29 is 5.11 Å². The van der Waals surface area contributed by atoms with Crippen LogP contribution in [-0.4, -0.2) is 11.2 Å². The lowest BCUT2D eigenvalue weighted by Gasteiger charge is -2.03. The fourth-order valence-electron chi connectivity index (χ4n) is 0.556. The van der Waals surface area contributed by atoms with Crippen molar-refractivity contribution in [3.8, 4) is 6.07 Å². The minimum Gasteiger partial charge on any atom is -0.393 e. The maximum atomic E-state index is 8.79. The number of hydrogen-bond acceptors (Lipinski definition) is 2. The molecule has 0 spiro atoms. The van der Waals surface area contributed by atoms with Gasteiger partial charge in [-0.2, -0.15) is 5.26 Å². The second kappa shape index (κ2) is 4.34. The van der Waals surface area contributed by atoms with Crippen LogP contribution in [0.4, 0.5) is 0 Å². The zero-order valence-electron chi connectivity index (χ0n) is 5.96. The second-order valence-electron chi connectivity index (χ2n) is 2.46. The molecule has 0 aliphatic rings. The highest BCUT2D eigenvalue weighted by Crippen LogP contribution is 2.05. The summed E-state index contributed by atoms with van der Waals surface area (Å²) in [6.45, 7) is 3.60. The summed E-state index contributed by atoms with van der Waals surface area (Å²) in [5.41, 5.74) is 0. The third-order valence-electron chi connectivity index (χ3n) is 1.24. The van der Waals surface area contributed by atoms with Crippen molar-refractivity contribution in [2.75, 3.05) is 0 Å². The molecule has 0 rings (SSSR count). The molecular weight excluding hydrogens is 114 g/mol. The maximum absolute atomic E-state index is 8.79. The lowest BCUT2D eigenvalue weighted by atomic mass is 10.1. The fourth-order valence-corrected chi connectivity index (χ4v) is 0.556. The molecule has 1 N–H and O–H groups in total. The fraction of sp³-hybridized carbons (Fsp3) is 0.857. The van der Waals surface area contributed by atoms with E-state index >= 15 is 0 Å². The molecule has 52 valence electrons. The second-order valence-corrected chi connectivity index (χ2v) is 2.46. The SMILES string of the molecule is CC(O)CCC(C)C#N. The summed E-state index contributed by atoms with van der Waals surface area (Å²) in [4.78, 5) is 0. The van der Waals surface area contributed by atoms with Crippen LogP contribution in [0.5, 0.6) is 0 Å². The van der Waals surface area contributed by atoms with E-state index in [1.165, 1.54) is 0 Å². The summed E-state index contributed by atoms with van der Waals surface area (Å²) in [6, 6.07) is 2.11. The molecule has 0 heterocycles. The van der Waals surface area contributed by atoms with Crippen LogP contribution in [0.25, 0.3) is 0 Å². The predicted molar refractivity (Wildman–Crippen MR) is 35.7 cm³/mol. The first-order valence-corrected chi connectivity index (χ1v) is 3.24. The molecule has 2 nitrogen and oxygen atoms in total. The largest absolute Gasteiger partial charge is 0.393 e. The topological polar surface area (TPSA) is 44.0 Å². The van der Waals surface area contributed by atoms with Crippen LogP contribution in [0, 0.1) is 17.2 Å². The Bertz CT molecular complexity index is 104. The molecule has 2 unspecified atom stereocenters. The molecule has 0 aliphatic heterocycles. The summed E-state index contributed by atoms with van der Waals surface area (Å²) >= 11 is 0. The van der Waals surface area contributed by atoms with E-state index in [-0.39, 0.29) is 12.0 Å². The van der Waals surface area contributed by atoms with E-state index in [1.807, 2.05) is 6.92 Å². The Morgan fingerprint density at radius 1 is 1.44 bits per heavy atom. The van der Waals surface area contributed by atoms with Crippen LogP contribution in [0.3, 0.4) is 0 Å². The molecule has 0 saturated carbocycles. The summed E-state index contributed by atoms with van der Waals surface area (Å²) in [5.74, 6) is 0.0830. The Kier molecular flexibility index (Phi) is 4.08. The van der Waals surface area contributed by atoms with E-state index in [9.17, 15) is 0 Å². The Labute approximate surface area is 56.1 Å². The summed E-state index contributed by atoms with van der Waals surface area (Å²) in [5, 5.41) is 17.1. The standard InChI is InChI=1S/C7H13NO/c1-6(5-8)3-4-7(2)9/h6-7,9H,3-4H2,1-2H3. The Morgan fingerprint density at radius 2 is 2.00 bits per heavy atom. The maximum Gasteiger partial charge on any atom is 0.0652 e. The van der Waals surface area contributed by atoms with Gasteiger partial charge in [0.15, 0.2) is 0 Å². The van der Waals surface area contributed by atoms with Crippen LogP contribution in [0.1, 0.15) is 26.7 Å². The van der Waals surface area contributed by atoms with Crippen LogP contribution in [0.15, 0.2) is 0 Å². The third kappa shape index (κ3) is 5.32. The highest BCUT2D eigenvalue weighted by molar-refractivity contribution is 4.78. The molecule has 0 bridgehead atoms. The summed E-state index contributed by atoms with van der Waals surface area (Å²) < 4.78 is 0. The van der Waals surface area contributed by atoms with Crippen molar-refractivity contribution in [1.29, 1.82) is 5.26 Å². The van der Waals surface area contributed by atoms with Gasteiger partial charge in [0, 0.05) is 5.92 Å². The van der Waals surface area contributed by atoms with Gasteiger partial charge in [-0.1, -0.05) is 0 Å². The van der Waals surface area contributed by atoms with Gasteiger partial charge < -0.3 is 5.11 Å². The van der Waals surface area contributed by atoms with E-state index in [0.29, 0.717) is 0 Å². The van der Waals surface area contributed by atoms with Gasteiger partial charge in [-0.25, -0.2) is 0 Å². The monoisotopic (exact) mass is 127 g/mol. The van der Waals surface area contributed by atoms with Crippen molar-refractivity contribution in [2.45, 2.75) is 32.8 Å². The van der Waals surface area contributed by atoms with Gasteiger partial charge in [0.25, 0.3) is 0 Å². The minimum absolute atomic E-state index is 0.0830. The summed E-state index contributed by atoms with van der Waals surface area (Å²) in [7, 11) is 0. The molecule has 0 amide bonds. The van der Waals surface area contributed by atoms with Crippen LogP contribution >= 0.6 is 0 Å². The molecule has 0 aromatic heterocycles. The average molecular weight is 127 g/mol. The smallest absolute Gasteiger partial charge is 0.0652 e. The van der Waals surface area contributed by atoms with Crippen LogP contribution in [0.2, 0.25) is 0 Å². The molecule has 0 aromatic rings. The summed E-state index contributed by atoms with van der Waals surface area (Å²) in [6.07, 6.45) is 1.27. The first-order chi connectivity index (χ1) is 4.16. The van der Waals surface area contributed by atoms with Gasteiger partial charge in [-0.05, 0) is 26.7 Å². The highest BCUT2D eigenvalue weighted by atomic mass is 16.3.